The Bertz CT molecular complexity index is 965. The fraction of sp³-hybridized carbons (Fsp3) is 0.526. The number of sulfonamides is 1. The van der Waals surface area contributed by atoms with Crippen LogP contribution in [0.5, 0.6) is 0 Å². The molecule has 1 fully saturated rings. The minimum absolute atomic E-state index is 0.195. The molecule has 0 bridgehead atoms. The molecule has 1 saturated heterocycles. The second-order valence-electron chi connectivity index (χ2n) is 7.29. The molecule has 29 heavy (non-hydrogen) atoms. The lowest BCUT2D eigenvalue weighted by Crippen LogP contribution is -2.32. The van der Waals surface area contributed by atoms with E-state index in [9.17, 15) is 13.2 Å². The molecule has 0 spiro atoms. The maximum Gasteiger partial charge on any atom is 0.257 e. The van der Waals surface area contributed by atoms with Crippen molar-refractivity contribution in [1.29, 1.82) is 0 Å². The van der Waals surface area contributed by atoms with Gasteiger partial charge < -0.3 is 0 Å². The number of aryl methyl sites for hydroxylation is 1. The third-order valence-electron chi connectivity index (χ3n) is 4.60. The number of rotatable bonds is 6. The molecule has 1 N–H and O–H groups in total. The molecule has 1 aliphatic heterocycles. The van der Waals surface area contributed by atoms with Gasteiger partial charge in [-0.05, 0) is 37.5 Å². The van der Waals surface area contributed by atoms with Crippen molar-refractivity contribution in [2.75, 3.05) is 18.4 Å². The molecule has 0 unspecified atom stereocenters. The van der Waals surface area contributed by atoms with Gasteiger partial charge in [0, 0.05) is 23.9 Å². The fourth-order valence-corrected chi connectivity index (χ4v) is 6.86. The zero-order chi connectivity index (χ0) is 21.0. The Morgan fingerprint density at radius 3 is 2.52 bits per heavy atom. The number of carbonyl (C=O) groups excluding carboxylic acids is 1. The maximum atomic E-state index is 13.2. The van der Waals surface area contributed by atoms with Gasteiger partial charge in [-0.15, -0.1) is 10.2 Å². The zero-order valence-corrected chi connectivity index (χ0v) is 19.3. The van der Waals surface area contributed by atoms with E-state index in [2.05, 4.69) is 29.4 Å². The number of nitrogens with one attached hydrogen (secondary N) is 1. The van der Waals surface area contributed by atoms with E-state index in [1.54, 1.807) is 35.1 Å². The number of thioether (sulfide) groups is 1. The van der Waals surface area contributed by atoms with Crippen LogP contribution < -0.4 is 5.32 Å². The summed E-state index contributed by atoms with van der Waals surface area (Å²) in [4.78, 5) is 12.9. The minimum Gasteiger partial charge on any atom is -0.296 e. The normalized spacial score (nSPS) is 16.0. The highest BCUT2D eigenvalue weighted by Gasteiger charge is 2.27. The third-order valence-corrected chi connectivity index (χ3v) is 8.56. The van der Waals surface area contributed by atoms with Crippen LogP contribution in [0.15, 0.2) is 27.4 Å². The lowest BCUT2D eigenvalue weighted by Gasteiger charge is -2.21. The Labute approximate surface area is 180 Å². The van der Waals surface area contributed by atoms with E-state index < -0.39 is 15.9 Å². The minimum atomic E-state index is -3.63. The second kappa shape index (κ2) is 9.55. The van der Waals surface area contributed by atoms with E-state index in [-0.39, 0.29) is 10.5 Å². The largest absolute Gasteiger partial charge is 0.296 e. The number of amides is 1. The monoisotopic (exact) mass is 454 g/mol. The Hall–Kier alpha value is -1.49. The van der Waals surface area contributed by atoms with Gasteiger partial charge in [-0.25, -0.2) is 8.42 Å². The van der Waals surface area contributed by atoms with E-state index in [1.165, 1.54) is 17.4 Å². The Morgan fingerprint density at radius 1 is 1.17 bits per heavy atom. The summed E-state index contributed by atoms with van der Waals surface area (Å²) in [5, 5.41) is 11.5. The highest BCUT2D eigenvalue weighted by atomic mass is 32.2. The summed E-state index contributed by atoms with van der Waals surface area (Å²) in [6, 6.07) is 4.78. The first kappa shape index (κ1) is 22.2. The quantitative estimate of drug-likeness (QED) is 0.520. The number of carbonyl (C=O) groups is 1. The van der Waals surface area contributed by atoms with Gasteiger partial charge in [0.1, 0.15) is 0 Å². The summed E-state index contributed by atoms with van der Waals surface area (Å²) >= 11 is 2.88. The molecule has 1 aliphatic rings. The Balaban J connectivity index is 1.80. The van der Waals surface area contributed by atoms with E-state index in [4.69, 9.17) is 0 Å². The Kier molecular flexibility index (Phi) is 7.31. The van der Waals surface area contributed by atoms with Crippen LogP contribution in [0.3, 0.4) is 0 Å². The van der Waals surface area contributed by atoms with Gasteiger partial charge in [-0.2, -0.15) is 4.31 Å². The maximum absolute atomic E-state index is 13.2. The van der Waals surface area contributed by atoms with Crippen molar-refractivity contribution in [1.82, 2.24) is 14.5 Å². The van der Waals surface area contributed by atoms with Crippen molar-refractivity contribution < 1.29 is 13.2 Å². The number of nitrogens with zero attached hydrogens (tertiary/aromatic N) is 3. The van der Waals surface area contributed by atoms with E-state index in [0.29, 0.717) is 29.0 Å². The smallest absolute Gasteiger partial charge is 0.257 e. The zero-order valence-electron chi connectivity index (χ0n) is 16.8. The van der Waals surface area contributed by atoms with E-state index in [1.807, 2.05) is 0 Å². The average Bonchev–Trinajstić information content (AvgIpc) is 2.92. The molecule has 1 amide bonds. The molecular formula is C19H26N4O3S3. The van der Waals surface area contributed by atoms with Gasteiger partial charge in [0.25, 0.3) is 5.91 Å². The molecule has 0 radical (unpaired) electrons. The van der Waals surface area contributed by atoms with Crippen LogP contribution >= 0.6 is 23.1 Å². The molecule has 7 nitrogen and oxygen atoms in total. The second-order valence-corrected chi connectivity index (χ2v) is 12.0. The van der Waals surface area contributed by atoms with Gasteiger partial charge in [-0.3, -0.25) is 10.1 Å². The first-order valence-corrected chi connectivity index (χ1v) is 12.8. The van der Waals surface area contributed by atoms with Crippen LogP contribution in [0.4, 0.5) is 5.13 Å². The molecule has 0 atom stereocenters. The summed E-state index contributed by atoms with van der Waals surface area (Å²) in [6.45, 7) is 6.93. The molecule has 158 valence electrons. The molecule has 2 aromatic rings. The summed E-state index contributed by atoms with van der Waals surface area (Å²) in [5.74, 6) is -0.394. The SMILES string of the molecule is Cc1ccc(C(=O)Nc2nnc(SC(C)C)s2)cc1S(=O)(=O)N1CCCCCC1. The molecular weight excluding hydrogens is 428 g/mol. The van der Waals surface area contributed by atoms with Gasteiger partial charge in [0.15, 0.2) is 4.34 Å². The summed E-state index contributed by atoms with van der Waals surface area (Å²) in [7, 11) is -3.63. The number of benzene rings is 1. The van der Waals surface area contributed by atoms with Gasteiger partial charge in [0.05, 0.1) is 4.90 Å². The van der Waals surface area contributed by atoms with E-state index in [0.717, 1.165) is 30.0 Å². The highest BCUT2D eigenvalue weighted by Crippen LogP contribution is 2.29. The lowest BCUT2D eigenvalue weighted by molar-refractivity contribution is 0.102. The van der Waals surface area contributed by atoms with Crippen molar-refractivity contribution in [3.05, 3.63) is 29.3 Å². The third kappa shape index (κ3) is 5.56. The topological polar surface area (TPSA) is 92.3 Å². The van der Waals surface area contributed by atoms with Crippen LogP contribution in [-0.2, 0) is 10.0 Å². The number of anilines is 1. The van der Waals surface area contributed by atoms with E-state index >= 15 is 0 Å². The molecule has 1 aromatic heterocycles. The lowest BCUT2D eigenvalue weighted by atomic mass is 10.1. The van der Waals surface area contributed by atoms with Gasteiger partial charge >= 0.3 is 0 Å². The first-order chi connectivity index (χ1) is 13.8. The molecule has 1 aromatic carbocycles. The molecule has 10 heteroatoms. The fourth-order valence-electron chi connectivity index (χ4n) is 3.12. The molecule has 0 aliphatic carbocycles. The van der Waals surface area contributed by atoms with Crippen LogP contribution in [-0.4, -0.2) is 47.2 Å². The van der Waals surface area contributed by atoms with Crippen LogP contribution in [0, 0.1) is 6.92 Å². The predicted molar refractivity (Wildman–Crippen MR) is 117 cm³/mol. The molecule has 2 heterocycles. The van der Waals surface area contributed by atoms with Crippen LogP contribution in [0.1, 0.15) is 55.5 Å². The summed E-state index contributed by atoms with van der Waals surface area (Å²) < 4.78 is 28.7. The summed E-state index contributed by atoms with van der Waals surface area (Å²) in [5.41, 5.74) is 0.926. The number of hydrogen-bond donors (Lipinski definition) is 1. The van der Waals surface area contributed by atoms with Crippen molar-refractivity contribution >= 4 is 44.2 Å². The average molecular weight is 455 g/mol. The Morgan fingerprint density at radius 2 is 1.86 bits per heavy atom. The molecule has 3 rings (SSSR count). The summed E-state index contributed by atoms with van der Waals surface area (Å²) in [6.07, 6.45) is 3.83. The first-order valence-electron chi connectivity index (χ1n) is 9.69. The number of aromatic nitrogens is 2. The van der Waals surface area contributed by atoms with Crippen LogP contribution in [0.2, 0.25) is 0 Å². The van der Waals surface area contributed by atoms with Crippen molar-refractivity contribution in [3.8, 4) is 0 Å². The van der Waals surface area contributed by atoms with Gasteiger partial charge in [-0.1, -0.05) is 55.9 Å². The van der Waals surface area contributed by atoms with Gasteiger partial charge in [0.2, 0.25) is 15.2 Å². The van der Waals surface area contributed by atoms with Crippen molar-refractivity contribution in [2.24, 2.45) is 0 Å². The number of hydrogen-bond acceptors (Lipinski definition) is 7. The molecule has 0 saturated carbocycles. The highest BCUT2D eigenvalue weighted by molar-refractivity contribution is 8.01. The standard InChI is InChI=1S/C19H26N4O3S3/c1-13(2)27-19-22-21-18(28-19)20-17(24)15-9-8-14(3)16(12-15)29(25,26)23-10-6-4-5-7-11-23/h8-9,12-13H,4-7,10-11H2,1-3H3,(H,20,21,24). The van der Waals surface area contributed by atoms with Crippen molar-refractivity contribution in [3.63, 3.8) is 0 Å². The van der Waals surface area contributed by atoms with Crippen molar-refractivity contribution in [2.45, 2.75) is 60.9 Å². The predicted octanol–water partition coefficient (Wildman–Crippen LogP) is 4.16. The van der Waals surface area contributed by atoms with Crippen LogP contribution in [0.25, 0.3) is 0 Å².